The highest BCUT2D eigenvalue weighted by molar-refractivity contribution is 14.0. The van der Waals surface area contributed by atoms with Gasteiger partial charge < -0.3 is 14.8 Å². The highest BCUT2D eigenvalue weighted by Crippen LogP contribution is 2.21. The Morgan fingerprint density at radius 3 is 2.74 bits per heavy atom. The molecule has 1 aliphatic rings. The molecule has 6 nitrogen and oxygen atoms in total. The molecule has 1 aromatic carbocycles. The highest BCUT2D eigenvalue weighted by Gasteiger charge is 2.25. The summed E-state index contributed by atoms with van der Waals surface area (Å²) in [4.78, 5) is 8.73. The van der Waals surface area contributed by atoms with E-state index in [0.29, 0.717) is 12.5 Å². The monoisotopic (exact) mass is 550 g/mol. The first-order valence-corrected chi connectivity index (χ1v) is 11.5. The van der Waals surface area contributed by atoms with Crippen molar-refractivity contribution in [2.24, 2.45) is 18.0 Å². The smallest absolute Gasteiger partial charge is 0.194 e. The van der Waals surface area contributed by atoms with E-state index >= 15 is 0 Å². The third kappa shape index (κ3) is 6.52. The summed E-state index contributed by atoms with van der Waals surface area (Å²) in [6.07, 6.45) is 3.34. The quantitative estimate of drug-likeness (QED) is 0.274. The average Bonchev–Trinajstić information content (AvgIpc) is 3.50. The molecule has 2 aromatic heterocycles. The van der Waals surface area contributed by atoms with Gasteiger partial charge in [-0.05, 0) is 49.1 Å². The number of guanidine groups is 1. The molecule has 1 unspecified atom stereocenters. The summed E-state index contributed by atoms with van der Waals surface area (Å²) in [7, 11) is 2.00. The molecule has 1 saturated heterocycles. The van der Waals surface area contributed by atoms with Gasteiger partial charge in [0.25, 0.3) is 0 Å². The van der Waals surface area contributed by atoms with E-state index in [4.69, 9.17) is 4.99 Å². The molecule has 31 heavy (non-hydrogen) atoms. The Morgan fingerprint density at radius 2 is 2.03 bits per heavy atom. The van der Waals surface area contributed by atoms with E-state index in [1.807, 2.05) is 29.9 Å². The normalized spacial score (nSPS) is 16.4. The second kappa shape index (κ2) is 11.6. The van der Waals surface area contributed by atoms with Crippen LogP contribution in [-0.2, 0) is 26.4 Å². The molecular weight excluding hydrogens is 519 g/mol. The van der Waals surface area contributed by atoms with Crippen LogP contribution in [0, 0.1) is 12.8 Å². The van der Waals surface area contributed by atoms with Gasteiger partial charge in [-0.2, -0.15) is 0 Å². The Bertz CT molecular complexity index is 954. The summed E-state index contributed by atoms with van der Waals surface area (Å²) >= 11 is 1.81. The van der Waals surface area contributed by atoms with Gasteiger partial charge in [0.2, 0.25) is 0 Å². The highest BCUT2D eigenvalue weighted by atomic mass is 127. The fourth-order valence-electron chi connectivity index (χ4n) is 3.89. The Balaban J connectivity index is 0.00000272. The Hall–Kier alpha value is -1.94. The molecular formula is C23H31IN6S. The van der Waals surface area contributed by atoms with Crippen molar-refractivity contribution in [3.05, 3.63) is 69.9 Å². The number of benzene rings is 1. The fraction of sp³-hybridized carbons (Fsp3) is 0.435. The van der Waals surface area contributed by atoms with Gasteiger partial charge in [-0.3, -0.25) is 0 Å². The summed E-state index contributed by atoms with van der Waals surface area (Å²) in [5, 5.41) is 14.2. The third-order valence-electron chi connectivity index (χ3n) is 5.74. The van der Waals surface area contributed by atoms with E-state index < -0.39 is 0 Å². The van der Waals surface area contributed by atoms with Gasteiger partial charge in [0.15, 0.2) is 11.8 Å². The number of thiophene rings is 1. The minimum absolute atomic E-state index is 0. The number of hydrogen-bond donors (Lipinski definition) is 1. The van der Waals surface area contributed by atoms with Crippen LogP contribution in [0.1, 0.15) is 28.5 Å². The summed E-state index contributed by atoms with van der Waals surface area (Å²) in [6, 6.07) is 15.1. The molecule has 8 heteroatoms. The lowest BCUT2D eigenvalue weighted by Gasteiger charge is -2.22. The lowest BCUT2D eigenvalue weighted by atomic mass is 9.99. The molecule has 0 saturated carbocycles. The standard InChI is InChI=1S/C23H30N6S.HI/c1-18-26-27-22(28(18)2)16-25-23(24-12-10-21-9-6-14-30-21)29-13-11-20(17-29)15-19-7-4-3-5-8-19;/h3-9,14,20H,10-13,15-17H2,1-2H3,(H,24,25);1H. The number of nitrogens with one attached hydrogen (secondary N) is 1. The first-order valence-electron chi connectivity index (χ1n) is 10.6. The minimum Gasteiger partial charge on any atom is -0.356 e. The van der Waals surface area contributed by atoms with Crippen LogP contribution in [0.25, 0.3) is 0 Å². The fourth-order valence-corrected chi connectivity index (χ4v) is 4.60. The second-order valence-corrected chi connectivity index (χ2v) is 8.94. The molecule has 4 rings (SSSR count). The maximum atomic E-state index is 4.92. The van der Waals surface area contributed by atoms with Crippen molar-refractivity contribution in [3.63, 3.8) is 0 Å². The van der Waals surface area contributed by atoms with Gasteiger partial charge in [-0.25, -0.2) is 4.99 Å². The van der Waals surface area contributed by atoms with Crippen molar-refractivity contribution >= 4 is 41.3 Å². The second-order valence-electron chi connectivity index (χ2n) is 7.91. The van der Waals surface area contributed by atoms with Crippen LogP contribution in [0.2, 0.25) is 0 Å². The maximum absolute atomic E-state index is 4.92. The van der Waals surface area contributed by atoms with Gasteiger partial charge in [0.05, 0.1) is 0 Å². The number of aromatic nitrogens is 3. The SMILES string of the molecule is Cc1nnc(CN=C(NCCc2cccs2)N2CCC(Cc3ccccc3)C2)n1C.I. The van der Waals surface area contributed by atoms with Crippen LogP contribution in [-0.4, -0.2) is 45.3 Å². The number of likely N-dealkylation sites (tertiary alicyclic amines) is 1. The number of rotatable bonds is 7. The number of nitrogens with zero attached hydrogens (tertiary/aromatic N) is 5. The number of halogens is 1. The van der Waals surface area contributed by atoms with Crippen LogP contribution < -0.4 is 5.32 Å². The predicted molar refractivity (Wildman–Crippen MR) is 138 cm³/mol. The van der Waals surface area contributed by atoms with E-state index in [9.17, 15) is 0 Å². The van der Waals surface area contributed by atoms with E-state index in [2.05, 4.69) is 68.3 Å². The number of hydrogen-bond acceptors (Lipinski definition) is 4. The van der Waals surface area contributed by atoms with Gasteiger partial charge >= 0.3 is 0 Å². The molecule has 0 aliphatic carbocycles. The van der Waals surface area contributed by atoms with E-state index in [-0.39, 0.29) is 24.0 Å². The van der Waals surface area contributed by atoms with Gasteiger partial charge in [0, 0.05) is 31.6 Å². The summed E-state index contributed by atoms with van der Waals surface area (Å²) in [5.74, 6) is 3.46. The van der Waals surface area contributed by atoms with E-state index in [0.717, 1.165) is 50.1 Å². The maximum Gasteiger partial charge on any atom is 0.194 e. The number of aliphatic imine (C=N–C) groups is 1. The van der Waals surface area contributed by atoms with Crippen molar-refractivity contribution in [3.8, 4) is 0 Å². The Labute approximate surface area is 205 Å². The molecule has 3 heterocycles. The van der Waals surface area contributed by atoms with E-state index in [1.54, 1.807) is 0 Å². The zero-order valence-electron chi connectivity index (χ0n) is 18.2. The first-order chi connectivity index (χ1) is 14.7. The molecule has 1 N–H and O–H groups in total. The van der Waals surface area contributed by atoms with Crippen molar-refractivity contribution in [1.29, 1.82) is 0 Å². The number of aryl methyl sites for hydroxylation is 1. The van der Waals surface area contributed by atoms with Crippen LogP contribution in [0.3, 0.4) is 0 Å². The first kappa shape index (κ1) is 23.7. The van der Waals surface area contributed by atoms with Crippen LogP contribution in [0.4, 0.5) is 0 Å². The van der Waals surface area contributed by atoms with E-state index in [1.165, 1.54) is 16.9 Å². The van der Waals surface area contributed by atoms with Crippen LogP contribution >= 0.6 is 35.3 Å². The summed E-state index contributed by atoms with van der Waals surface area (Å²) in [5.41, 5.74) is 1.42. The molecule has 0 amide bonds. The average molecular weight is 551 g/mol. The molecule has 3 aromatic rings. The third-order valence-corrected chi connectivity index (χ3v) is 6.68. The van der Waals surface area contributed by atoms with Crippen molar-refractivity contribution in [1.82, 2.24) is 25.0 Å². The molecule has 166 valence electrons. The van der Waals surface area contributed by atoms with Gasteiger partial charge in [0.1, 0.15) is 12.4 Å². The van der Waals surface area contributed by atoms with Crippen LogP contribution in [0.15, 0.2) is 52.8 Å². The molecule has 1 atom stereocenters. The molecule has 0 radical (unpaired) electrons. The lowest BCUT2D eigenvalue weighted by molar-refractivity contribution is 0.458. The Kier molecular flexibility index (Phi) is 8.89. The molecule has 1 fully saturated rings. The molecule has 0 bridgehead atoms. The van der Waals surface area contributed by atoms with Crippen molar-refractivity contribution in [2.45, 2.75) is 32.7 Å². The lowest BCUT2D eigenvalue weighted by Crippen LogP contribution is -2.41. The largest absolute Gasteiger partial charge is 0.356 e. The summed E-state index contributed by atoms with van der Waals surface area (Å²) in [6.45, 7) is 5.47. The van der Waals surface area contributed by atoms with Gasteiger partial charge in [-0.1, -0.05) is 36.4 Å². The Morgan fingerprint density at radius 1 is 1.19 bits per heavy atom. The van der Waals surface area contributed by atoms with Gasteiger partial charge in [-0.15, -0.1) is 45.5 Å². The van der Waals surface area contributed by atoms with Crippen LogP contribution in [0.5, 0.6) is 0 Å². The topological polar surface area (TPSA) is 58.3 Å². The molecule has 0 spiro atoms. The predicted octanol–water partition coefficient (Wildman–Crippen LogP) is 4.06. The zero-order chi connectivity index (χ0) is 20.8. The summed E-state index contributed by atoms with van der Waals surface area (Å²) < 4.78 is 2.01. The van der Waals surface area contributed by atoms with Crippen molar-refractivity contribution in [2.75, 3.05) is 19.6 Å². The van der Waals surface area contributed by atoms with Crippen molar-refractivity contribution < 1.29 is 0 Å². The zero-order valence-corrected chi connectivity index (χ0v) is 21.3. The minimum atomic E-state index is 0. The molecule has 1 aliphatic heterocycles.